The molecule has 7 heteroatoms. The van der Waals surface area contributed by atoms with Crippen molar-refractivity contribution in [2.75, 3.05) is 6.54 Å². The van der Waals surface area contributed by atoms with Crippen LogP contribution in [0.5, 0.6) is 5.75 Å². The van der Waals surface area contributed by atoms with E-state index in [0.29, 0.717) is 13.0 Å². The standard InChI is InChI=1S/C18H21N3O4/c22-15-12-21(14-7-2-1-3-8-14)19-17(15)18(25)20-11-5-4-6-13(20)9-10-16(23)24/h1-3,7-8,12-13,22H,4-6,9-11H2,(H,23,24). The zero-order valence-electron chi connectivity index (χ0n) is 13.8. The molecule has 0 saturated carbocycles. The third-order valence-electron chi connectivity index (χ3n) is 4.50. The van der Waals surface area contributed by atoms with E-state index in [1.807, 2.05) is 30.3 Å². The van der Waals surface area contributed by atoms with Gasteiger partial charge in [0.1, 0.15) is 0 Å². The largest absolute Gasteiger partial charge is 0.504 e. The van der Waals surface area contributed by atoms with Crippen LogP contribution in [-0.2, 0) is 4.79 Å². The number of aromatic nitrogens is 2. The first-order valence-electron chi connectivity index (χ1n) is 8.43. The molecule has 132 valence electrons. The van der Waals surface area contributed by atoms with Gasteiger partial charge in [0.15, 0.2) is 11.4 Å². The average molecular weight is 343 g/mol. The summed E-state index contributed by atoms with van der Waals surface area (Å²) in [5, 5.41) is 23.3. The molecule has 2 aromatic rings. The number of hydrogen-bond acceptors (Lipinski definition) is 4. The maximum atomic E-state index is 12.9. The Morgan fingerprint density at radius 1 is 1.20 bits per heavy atom. The minimum Gasteiger partial charge on any atom is -0.504 e. The fourth-order valence-corrected chi connectivity index (χ4v) is 3.22. The minimum absolute atomic E-state index is 0.00563. The molecule has 1 amide bonds. The third kappa shape index (κ3) is 3.81. The van der Waals surface area contributed by atoms with Crippen LogP contribution in [0.4, 0.5) is 0 Å². The van der Waals surface area contributed by atoms with Gasteiger partial charge in [-0.3, -0.25) is 9.59 Å². The molecule has 1 atom stereocenters. The van der Waals surface area contributed by atoms with Crippen LogP contribution >= 0.6 is 0 Å². The summed E-state index contributed by atoms with van der Waals surface area (Å²) in [5.74, 6) is -1.38. The molecule has 3 rings (SSSR count). The number of likely N-dealkylation sites (tertiary alicyclic amines) is 1. The topological polar surface area (TPSA) is 95.7 Å². The molecule has 0 radical (unpaired) electrons. The van der Waals surface area contributed by atoms with E-state index < -0.39 is 5.97 Å². The van der Waals surface area contributed by atoms with E-state index in [0.717, 1.165) is 24.9 Å². The Morgan fingerprint density at radius 3 is 2.68 bits per heavy atom. The number of para-hydroxylation sites is 1. The van der Waals surface area contributed by atoms with Crippen LogP contribution in [-0.4, -0.2) is 49.4 Å². The second-order valence-electron chi connectivity index (χ2n) is 6.22. The summed E-state index contributed by atoms with van der Waals surface area (Å²) in [4.78, 5) is 25.4. The molecule has 0 spiro atoms. The lowest BCUT2D eigenvalue weighted by molar-refractivity contribution is -0.137. The highest BCUT2D eigenvalue weighted by Crippen LogP contribution is 2.26. The van der Waals surface area contributed by atoms with Crippen molar-refractivity contribution in [2.24, 2.45) is 0 Å². The highest BCUT2D eigenvalue weighted by atomic mass is 16.4. The Morgan fingerprint density at radius 2 is 1.96 bits per heavy atom. The number of piperidine rings is 1. The first-order valence-corrected chi connectivity index (χ1v) is 8.43. The number of aromatic hydroxyl groups is 1. The Labute approximate surface area is 145 Å². The Kier molecular flexibility index (Phi) is 5.02. The van der Waals surface area contributed by atoms with Crippen LogP contribution in [0.15, 0.2) is 36.5 Å². The number of benzene rings is 1. The zero-order valence-corrected chi connectivity index (χ0v) is 13.8. The zero-order chi connectivity index (χ0) is 17.8. The Hall–Kier alpha value is -2.83. The quantitative estimate of drug-likeness (QED) is 0.869. The molecule has 0 aliphatic carbocycles. The number of carboxylic acids is 1. The second kappa shape index (κ2) is 7.38. The van der Waals surface area contributed by atoms with Gasteiger partial charge in [0.25, 0.3) is 5.91 Å². The summed E-state index contributed by atoms with van der Waals surface area (Å²) in [6, 6.07) is 9.11. The molecule has 1 unspecified atom stereocenters. The van der Waals surface area contributed by atoms with E-state index >= 15 is 0 Å². The normalized spacial score (nSPS) is 17.4. The number of nitrogens with zero attached hydrogens (tertiary/aromatic N) is 3. The van der Waals surface area contributed by atoms with Crippen LogP contribution in [0.3, 0.4) is 0 Å². The Bertz CT molecular complexity index is 757. The molecule has 7 nitrogen and oxygen atoms in total. The molecule has 2 heterocycles. The number of hydrogen-bond donors (Lipinski definition) is 2. The predicted molar refractivity (Wildman–Crippen MR) is 90.8 cm³/mol. The van der Waals surface area contributed by atoms with Crippen LogP contribution < -0.4 is 0 Å². The van der Waals surface area contributed by atoms with Crippen LogP contribution in [0.2, 0.25) is 0 Å². The van der Waals surface area contributed by atoms with Gasteiger partial charge < -0.3 is 15.1 Å². The van der Waals surface area contributed by atoms with E-state index in [1.54, 1.807) is 4.90 Å². The molecule has 1 saturated heterocycles. The number of amides is 1. The van der Waals surface area contributed by atoms with Crippen molar-refractivity contribution in [3.63, 3.8) is 0 Å². The Balaban J connectivity index is 1.81. The molecular weight excluding hydrogens is 322 g/mol. The van der Waals surface area contributed by atoms with Crippen molar-refractivity contribution in [1.82, 2.24) is 14.7 Å². The van der Waals surface area contributed by atoms with Gasteiger partial charge in [-0.15, -0.1) is 0 Å². The van der Waals surface area contributed by atoms with Gasteiger partial charge in [-0.05, 0) is 37.8 Å². The summed E-state index contributed by atoms with van der Waals surface area (Å²) in [7, 11) is 0. The van der Waals surface area contributed by atoms with Crippen LogP contribution in [0.25, 0.3) is 5.69 Å². The van der Waals surface area contributed by atoms with Crippen molar-refractivity contribution >= 4 is 11.9 Å². The fraction of sp³-hybridized carbons (Fsp3) is 0.389. The first kappa shape index (κ1) is 17.0. The smallest absolute Gasteiger partial charge is 0.303 e. The fourth-order valence-electron chi connectivity index (χ4n) is 3.22. The summed E-state index contributed by atoms with van der Waals surface area (Å²) < 4.78 is 1.47. The minimum atomic E-state index is -0.867. The van der Waals surface area contributed by atoms with E-state index in [-0.39, 0.29) is 29.8 Å². The summed E-state index contributed by atoms with van der Waals surface area (Å²) in [6.45, 7) is 0.556. The summed E-state index contributed by atoms with van der Waals surface area (Å²) >= 11 is 0. The summed E-state index contributed by atoms with van der Waals surface area (Å²) in [5.41, 5.74) is 0.754. The monoisotopic (exact) mass is 343 g/mol. The SMILES string of the molecule is O=C(O)CCC1CCCCN1C(=O)c1nn(-c2ccccc2)cc1O. The molecule has 2 N–H and O–H groups in total. The van der Waals surface area contributed by atoms with Gasteiger partial charge in [-0.25, -0.2) is 4.68 Å². The number of carbonyl (C=O) groups is 2. The van der Waals surface area contributed by atoms with Gasteiger partial charge in [0.05, 0.1) is 11.9 Å². The van der Waals surface area contributed by atoms with Gasteiger partial charge in [0, 0.05) is 19.0 Å². The lowest BCUT2D eigenvalue weighted by Gasteiger charge is -2.35. The number of carboxylic acid groups (broad SMARTS) is 1. The predicted octanol–water partition coefficient (Wildman–Crippen LogP) is 2.44. The number of rotatable bonds is 5. The lowest BCUT2D eigenvalue weighted by Crippen LogP contribution is -2.44. The van der Waals surface area contributed by atoms with Gasteiger partial charge in [0.2, 0.25) is 0 Å². The molecule has 1 fully saturated rings. The van der Waals surface area contributed by atoms with Crippen LogP contribution in [0.1, 0.15) is 42.6 Å². The molecule has 25 heavy (non-hydrogen) atoms. The first-order chi connectivity index (χ1) is 12.1. The molecule has 0 bridgehead atoms. The highest BCUT2D eigenvalue weighted by molar-refractivity contribution is 5.95. The molecule has 1 aromatic carbocycles. The number of aliphatic carboxylic acids is 1. The summed E-state index contributed by atoms with van der Waals surface area (Å²) in [6.07, 6.45) is 4.48. The van der Waals surface area contributed by atoms with Crippen LogP contribution in [0, 0.1) is 0 Å². The third-order valence-corrected chi connectivity index (χ3v) is 4.50. The van der Waals surface area contributed by atoms with Crippen molar-refractivity contribution < 1.29 is 19.8 Å². The molecule has 1 aliphatic rings. The van der Waals surface area contributed by atoms with E-state index in [1.165, 1.54) is 10.9 Å². The van der Waals surface area contributed by atoms with Gasteiger partial charge in [-0.1, -0.05) is 18.2 Å². The van der Waals surface area contributed by atoms with Gasteiger partial charge >= 0.3 is 5.97 Å². The number of carbonyl (C=O) groups excluding carboxylic acids is 1. The molecular formula is C18H21N3O4. The lowest BCUT2D eigenvalue weighted by atomic mass is 9.97. The second-order valence-corrected chi connectivity index (χ2v) is 6.22. The highest BCUT2D eigenvalue weighted by Gasteiger charge is 2.31. The molecule has 1 aliphatic heterocycles. The van der Waals surface area contributed by atoms with E-state index in [4.69, 9.17) is 5.11 Å². The maximum absolute atomic E-state index is 12.9. The van der Waals surface area contributed by atoms with E-state index in [2.05, 4.69) is 5.10 Å². The van der Waals surface area contributed by atoms with Crippen molar-refractivity contribution in [3.05, 3.63) is 42.2 Å². The van der Waals surface area contributed by atoms with Crippen molar-refractivity contribution in [2.45, 2.75) is 38.1 Å². The van der Waals surface area contributed by atoms with Crippen molar-refractivity contribution in [3.8, 4) is 11.4 Å². The molecule has 1 aromatic heterocycles. The average Bonchev–Trinajstić information content (AvgIpc) is 3.02. The maximum Gasteiger partial charge on any atom is 0.303 e. The van der Waals surface area contributed by atoms with E-state index in [9.17, 15) is 14.7 Å². The van der Waals surface area contributed by atoms with Crippen molar-refractivity contribution in [1.29, 1.82) is 0 Å². The van der Waals surface area contributed by atoms with Gasteiger partial charge in [-0.2, -0.15) is 5.10 Å².